The van der Waals surface area contributed by atoms with Crippen LogP contribution in [0.25, 0.3) is 0 Å². The molecule has 23 heavy (non-hydrogen) atoms. The van der Waals surface area contributed by atoms with Gasteiger partial charge in [0.1, 0.15) is 6.61 Å². The molecule has 0 bridgehead atoms. The zero-order valence-corrected chi connectivity index (χ0v) is 15.6. The maximum Gasteiger partial charge on any atom is 0.117 e. The van der Waals surface area contributed by atoms with Crippen LogP contribution in [0.15, 0.2) is 16.3 Å². The lowest BCUT2D eigenvalue weighted by molar-refractivity contribution is 0.140. The average molecular weight is 321 g/mol. The maximum atomic E-state index is 5.56. The fourth-order valence-electron chi connectivity index (χ4n) is 4.02. The van der Waals surface area contributed by atoms with E-state index < -0.39 is 0 Å². The molecule has 1 atom stereocenters. The van der Waals surface area contributed by atoms with E-state index in [2.05, 4.69) is 30.8 Å². The minimum Gasteiger partial charge on any atom is -0.396 e. The summed E-state index contributed by atoms with van der Waals surface area (Å²) in [6, 6.07) is 0.758. The van der Waals surface area contributed by atoms with E-state index in [9.17, 15) is 0 Å². The Hall–Kier alpha value is -0.830. The summed E-state index contributed by atoms with van der Waals surface area (Å²) in [4.78, 5) is 8.29. The highest BCUT2D eigenvalue weighted by atomic mass is 16.6. The van der Waals surface area contributed by atoms with Crippen molar-refractivity contribution >= 4 is 5.71 Å². The normalized spacial score (nSPS) is 23.5. The van der Waals surface area contributed by atoms with Gasteiger partial charge in [0.2, 0.25) is 0 Å². The fraction of sp³-hybridized carbons (Fsp3) is 0.850. The Morgan fingerprint density at radius 3 is 2.52 bits per heavy atom. The van der Waals surface area contributed by atoms with Crippen LogP contribution in [-0.4, -0.2) is 36.3 Å². The van der Waals surface area contributed by atoms with Gasteiger partial charge in [-0.25, -0.2) is 0 Å². The van der Waals surface area contributed by atoms with Gasteiger partial charge in [-0.15, -0.1) is 0 Å². The highest BCUT2D eigenvalue weighted by Gasteiger charge is 2.29. The molecule has 0 saturated carbocycles. The van der Waals surface area contributed by atoms with Gasteiger partial charge in [-0.2, -0.15) is 0 Å². The van der Waals surface area contributed by atoms with Crippen molar-refractivity contribution < 1.29 is 4.84 Å². The Bertz CT molecular complexity index is 408. The summed E-state index contributed by atoms with van der Waals surface area (Å²) in [5.41, 5.74) is 4.50. The van der Waals surface area contributed by atoms with Crippen LogP contribution >= 0.6 is 0 Å². The summed E-state index contributed by atoms with van der Waals surface area (Å²) in [7, 11) is 0. The summed E-state index contributed by atoms with van der Waals surface area (Å²) < 4.78 is 0. The highest BCUT2D eigenvalue weighted by Crippen LogP contribution is 2.36. The van der Waals surface area contributed by atoms with Crippen molar-refractivity contribution in [2.45, 2.75) is 91.0 Å². The van der Waals surface area contributed by atoms with Crippen LogP contribution < -0.4 is 0 Å². The summed E-state index contributed by atoms with van der Waals surface area (Å²) in [5, 5.41) is 4.49. The molecule has 0 N–H and O–H groups in total. The van der Waals surface area contributed by atoms with E-state index in [4.69, 9.17) is 4.84 Å². The monoisotopic (exact) mass is 320 g/mol. The fourth-order valence-corrected chi connectivity index (χ4v) is 4.02. The molecular weight excluding hydrogens is 284 g/mol. The highest BCUT2D eigenvalue weighted by molar-refractivity contribution is 6.01. The molecule has 0 unspecified atom stereocenters. The quantitative estimate of drug-likeness (QED) is 0.424. The van der Waals surface area contributed by atoms with Crippen molar-refractivity contribution in [3.63, 3.8) is 0 Å². The lowest BCUT2D eigenvalue weighted by Gasteiger charge is -2.37. The molecule has 0 aromatic heterocycles. The summed E-state index contributed by atoms with van der Waals surface area (Å²) in [6.07, 6.45) is 12.2. The summed E-state index contributed by atoms with van der Waals surface area (Å²) >= 11 is 0. The van der Waals surface area contributed by atoms with Crippen LogP contribution in [0, 0.1) is 0 Å². The Labute approximate surface area is 143 Å². The van der Waals surface area contributed by atoms with E-state index in [1.165, 1.54) is 70.2 Å². The topological polar surface area (TPSA) is 24.8 Å². The third-order valence-electron chi connectivity index (χ3n) is 5.18. The van der Waals surface area contributed by atoms with Crippen LogP contribution in [0.3, 0.4) is 0 Å². The van der Waals surface area contributed by atoms with Crippen LogP contribution in [-0.2, 0) is 4.84 Å². The molecule has 0 heterocycles. The molecule has 0 radical (unpaired) electrons. The molecule has 2 aliphatic rings. The standard InChI is InChI=1S/C20H36N2O/c1-4-7-15-23-21-20-10-8-9-17-16-18(11-12-19(17)20)22(13-5-2)14-6-3/h18H,4-16H2,1-3H3/b21-20+/t18-/m0/s1. The number of hydrogen-bond donors (Lipinski definition) is 0. The van der Waals surface area contributed by atoms with Gasteiger partial charge in [-0.1, -0.05) is 37.9 Å². The van der Waals surface area contributed by atoms with Gasteiger partial charge in [-0.3, -0.25) is 0 Å². The Morgan fingerprint density at radius 2 is 1.83 bits per heavy atom. The molecule has 0 fully saturated rings. The minimum absolute atomic E-state index is 0.758. The molecule has 0 amide bonds. The predicted molar refractivity (Wildman–Crippen MR) is 99.0 cm³/mol. The lowest BCUT2D eigenvalue weighted by Crippen LogP contribution is -2.39. The van der Waals surface area contributed by atoms with E-state index in [0.717, 1.165) is 25.5 Å². The number of nitrogens with zero attached hydrogens (tertiary/aromatic N) is 2. The number of unbranched alkanes of at least 4 members (excludes halogenated alkanes) is 1. The average Bonchev–Trinajstić information content (AvgIpc) is 2.58. The van der Waals surface area contributed by atoms with E-state index in [1.54, 1.807) is 11.1 Å². The second-order valence-corrected chi connectivity index (χ2v) is 7.09. The van der Waals surface area contributed by atoms with Gasteiger partial charge in [-0.05, 0) is 76.5 Å². The largest absolute Gasteiger partial charge is 0.396 e. The van der Waals surface area contributed by atoms with E-state index in [-0.39, 0.29) is 0 Å². The van der Waals surface area contributed by atoms with Crippen molar-refractivity contribution in [3.05, 3.63) is 11.1 Å². The molecule has 0 saturated heterocycles. The van der Waals surface area contributed by atoms with Crippen LogP contribution in [0.5, 0.6) is 0 Å². The smallest absolute Gasteiger partial charge is 0.117 e. The third kappa shape index (κ3) is 5.34. The zero-order chi connectivity index (χ0) is 16.5. The molecule has 0 aliphatic heterocycles. The Morgan fingerprint density at radius 1 is 1.04 bits per heavy atom. The molecule has 0 aromatic rings. The van der Waals surface area contributed by atoms with Gasteiger partial charge >= 0.3 is 0 Å². The molecule has 0 aromatic carbocycles. The van der Waals surface area contributed by atoms with Gasteiger partial charge in [0.05, 0.1) is 5.71 Å². The SMILES string of the molecule is CCCCO/N=C1\CCCC2=C1CC[C@H](N(CCC)CCC)C2. The number of rotatable bonds is 9. The van der Waals surface area contributed by atoms with Crippen molar-refractivity contribution in [3.8, 4) is 0 Å². The molecular formula is C20H36N2O. The predicted octanol–water partition coefficient (Wildman–Crippen LogP) is 5.31. The van der Waals surface area contributed by atoms with E-state index in [1.807, 2.05) is 0 Å². The first-order valence-corrected chi connectivity index (χ1v) is 9.94. The molecule has 2 aliphatic carbocycles. The molecule has 0 spiro atoms. The zero-order valence-electron chi connectivity index (χ0n) is 15.6. The van der Waals surface area contributed by atoms with E-state index in [0.29, 0.717) is 0 Å². The Kier molecular flexibility index (Phi) is 8.14. The van der Waals surface area contributed by atoms with Crippen molar-refractivity contribution in [1.82, 2.24) is 4.90 Å². The van der Waals surface area contributed by atoms with Crippen molar-refractivity contribution in [2.24, 2.45) is 5.16 Å². The Balaban J connectivity index is 2.00. The van der Waals surface area contributed by atoms with Gasteiger partial charge in [0, 0.05) is 6.04 Å². The number of oxime groups is 1. The second kappa shape index (κ2) is 10.1. The second-order valence-electron chi connectivity index (χ2n) is 7.09. The molecule has 2 rings (SSSR count). The van der Waals surface area contributed by atoms with Gasteiger partial charge < -0.3 is 9.74 Å². The number of allylic oxidation sites excluding steroid dienone is 1. The first-order valence-electron chi connectivity index (χ1n) is 9.94. The maximum absolute atomic E-state index is 5.56. The number of hydrogen-bond acceptors (Lipinski definition) is 3. The molecule has 3 nitrogen and oxygen atoms in total. The van der Waals surface area contributed by atoms with Crippen LogP contribution in [0.4, 0.5) is 0 Å². The first-order chi connectivity index (χ1) is 11.3. The van der Waals surface area contributed by atoms with Crippen LogP contribution in [0.2, 0.25) is 0 Å². The molecule has 132 valence electrons. The minimum atomic E-state index is 0.758. The van der Waals surface area contributed by atoms with Gasteiger partial charge in [0.25, 0.3) is 0 Å². The van der Waals surface area contributed by atoms with Crippen molar-refractivity contribution in [2.75, 3.05) is 19.7 Å². The van der Waals surface area contributed by atoms with Crippen LogP contribution in [0.1, 0.15) is 85.0 Å². The summed E-state index contributed by atoms with van der Waals surface area (Å²) in [6.45, 7) is 10.1. The van der Waals surface area contributed by atoms with Crippen molar-refractivity contribution in [1.29, 1.82) is 0 Å². The van der Waals surface area contributed by atoms with Gasteiger partial charge in [0.15, 0.2) is 0 Å². The summed E-state index contributed by atoms with van der Waals surface area (Å²) in [5.74, 6) is 0. The lowest BCUT2D eigenvalue weighted by atomic mass is 9.78. The molecule has 3 heteroatoms. The third-order valence-corrected chi connectivity index (χ3v) is 5.18. The van der Waals surface area contributed by atoms with E-state index >= 15 is 0 Å². The first kappa shape index (κ1) is 18.5.